The fourth-order valence-electron chi connectivity index (χ4n) is 2.22. The molecular weight excluding hydrogens is 216 g/mol. The average molecular weight is 231 g/mol. The largest absolute Gasteiger partial charge is 0.388 e. The number of hydrogen-bond acceptors (Lipinski definition) is 2. The summed E-state index contributed by atoms with van der Waals surface area (Å²) < 4.78 is 0.753. The highest BCUT2D eigenvalue weighted by Gasteiger charge is 2.24. The number of rotatable bonds is 2. The van der Waals surface area contributed by atoms with E-state index in [0.29, 0.717) is 5.92 Å². The maximum Gasteiger partial charge on any atom is 0.0986 e. The molecule has 1 fully saturated rings. The van der Waals surface area contributed by atoms with Crippen LogP contribution in [0, 0.1) is 5.92 Å². The Balaban J connectivity index is 2.07. The molecule has 0 aromatic carbocycles. The molecule has 1 heterocycles. The monoisotopic (exact) mass is 230 g/mol. The fourth-order valence-corrected chi connectivity index (χ4v) is 3.21. The molecule has 1 aliphatic rings. The second kappa shape index (κ2) is 4.65. The maximum absolute atomic E-state index is 10.1. The van der Waals surface area contributed by atoms with Crippen LogP contribution in [0.25, 0.3) is 0 Å². The molecule has 78 valence electrons. The zero-order chi connectivity index (χ0) is 9.97. The van der Waals surface area contributed by atoms with Crippen LogP contribution in [-0.4, -0.2) is 5.11 Å². The van der Waals surface area contributed by atoms with Crippen molar-refractivity contribution in [2.24, 2.45) is 5.92 Å². The molecule has 1 aliphatic carbocycles. The Morgan fingerprint density at radius 1 is 1.36 bits per heavy atom. The first-order valence-corrected chi connectivity index (χ1v) is 6.46. The van der Waals surface area contributed by atoms with E-state index in [2.05, 4.69) is 0 Å². The van der Waals surface area contributed by atoms with E-state index < -0.39 is 0 Å². The Bertz CT molecular complexity index is 291. The van der Waals surface area contributed by atoms with Crippen LogP contribution in [-0.2, 0) is 0 Å². The third-order valence-electron chi connectivity index (χ3n) is 3.06. The quantitative estimate of drug-likeness (QED) is 0.814. The van der Waals surface area contributed by atoms with Crippen LogP contribution in [0.1, 0.15) is 43.8 Å². The number of aliphatic hydroxyl groups excluding tert-OH is 1. The molecular formula is C11H15ClOS. The molecule has 0 spiro atoms. The Labute approximate surface area is 93.7 Å². The Morgan fingerprint density at radius 3 is 2.64 bits per heavy atom. The minimum absolute atomic E-state index is 0.339. The Kier molecular flexibility index (Phi) is 3.47. The summed E-state index contributed by atoms with van der Waals surface area (Å²) in [5.74, 6) is 0.427. The van der Waals surface area contributed by atoms with E-state index in [-0.39, 0.29) is 6.10 Å². The van der Waals surface area contributed by atoms with Crippen molar-refractivity contribution >= 4 is 22.9 Å². The highest BCUT2D eigenvalue weighted by Crippen LogP contribution is 2.38. The van der Waals surface area contributed by atoms with Gasteiger partial charge in [-0.15, -0.1) is 11.3 Å². The first-order valence-electron chi connectivity index (χ1n) is 5.20. The van der Waals surface area contributed by atoms with E-state index in [1.165, 1.54) is 30.6 Å². The number of hydrogen-bond donors (Lipinski definition) is 1. The predicted octanol–water partition coefficient (Wildman–Crippen LogP) is 4.02. The van der Waals surface area contributed by atoms with Crippen LogP contribution >= 0.6 is 22.9 Å². The van der Waals surface area contributed by atoms with Crippen molar-refractivity contribution in [1.82, 2.24) is 0 Å². The highest BCUT2D eigenvalue weighted by molar-refractivity contribution is 7.14. The lowest BCUT2D eigenvalue weighted by Gasteiger charge is -2.26. The smallest absolute Gasteiger partial charge is 0.0986 e. The minimum atomic E-state index is -0.339. The summed E-state index contributed by atoms with van der Waals surface area (Å²) in [6, 6.07) is 1.95. The summed E-state index contributed by atoms with van der Waals surface area (Å²) in [4.78, 5) is 0. The first-order chi connectivity index (χ1) is 6.79. The standard InChI is InChI=1S/C11H15ClOS/c12-11-9(6-7-14-11)10(13)8-4-2-1-3-5-8/h6-8,10,13H,1-5H2. The fraction of sp³-hybridized carbons (Fsp3) is 0.636. The molecule has 14 heavy (non-hydrogen) atoms. The lowest BCUT2D eigenvalue weighted by Crippen LogP contribution is -2.15. The second-order valence-electron chi connectivity index (χ2n) is 3.99. The average Bonchev–Trinajstić information content (AvgIpc) is 2.65. The Hall–Kier alpha value is -0.0500. The SMILES string of the molecule is OC(c1ccsc1Cl)C1CCCCC1. The van der Waals surface area contributed by atoms with Gasteiger partial charge in [-0.3, -0.25) is 0 Å². The molecule has 1 atom stereocenters. The van der Waals surface area contributed by atoms with E-state index >= 15 is 0 Å². The molecule has 3 heteroatoms. The topological polar surface area (TPSA) is 20.2 Å². The van der Waals surface area contributed by atoms with Crippen LogP contribution < -0.4 is 0 Å². The molecule has 1 nitrogen and oxygen atoms in total. The number of aliphatic hydroxyl groups is 1. The summed E-state index contributed by atoms with van der Waals surface area (Å²) in [5, 5.41) is 12.1. The van der Waals surface area contributed by atoms with E-state index in [4.69, 9.17) is 11.6 Å². The molecule has 0 saturated heterocycles. The number of thiophene rings is 1. The molecule has 1 N–H and O–H groups in total. The van der Waals surface area contributed by atoms with E-state index in [1.54, 1.807) is 0 Å². The summed E-state index contributed by atoms with van der Waals surface area (Å²) in [5.41, 5.74) is 0.934. The number of halogens is 1. The van der Waals surface area contributed by atoms with Gasteiger partial charge in [0.05, 0.1) is 10.4 Å². The third-order valence-corrected chi connectivity index (χ3v) is 4.26. The van der Waals surface area contributed by atoms with Crippen molar-refractivity contribution in [3.8, 4) is 0 Å². The van der Waals surface area contributed by atoms with Crippen molar-refractivity contribution in [1.29, 1.82) is 0 Å². The molecule has 1 saturated carbocycles. The molecule has 0 aliphatic heterocycles. The van der Waals surface area contributed by atoms with Crippen LogP contribution in [0.3, 0.4) is 0 Å². The molecule has 0 radical (unpaired) electrons. The summed E-state index contributed by atoms with van der Waals surface area (Å²) >= 11 is 7.51. The van der Waals surface area contributed by atoms with E-state index in [1.807, 2.05) is 11.4 Å². The summed E-state index contributed by atoms with van der Waals surface area (Å²) in [7, 11) is 0. The van der Waals surface area contributed by atoms with Crippen molar-refractivity contribution in [3.05, 3.63) is 21.3 Å². The van der Waals surface area contributed by atoms with Crippen molar-refractivity contribution < 1.29 is 5.11 Å². The van der Waals surface area contributed by atoms with Gasteiger partial charge in [0.15, 0.2) is 0 Å². The minimum Gasteiger partial charge on any atom is -0.388 e. The van der Waals surface area contributed by atoms with Crippen molar-refractivity contribution in [2.75, 3.05) is 0 Å². The molecule has 1 aromatic heterocycles. The van der Waals surface area contributed by atoms with Gasteiger partial charge in [-0.2, -0.15) is 0 Å². The Morgan fingerprint density at radius 2 is 2.07 bits per heavy atom. The summed E-state index contributed by atoms with van der Waals surface area (Å²) in [6.45, 7) is 0. The van der Waals surface area contributed by atoms with Gasteiger partial charge in [0.2, 0.25) is 0 Å². The van der Waals surface area contributed by atoms with Crippen LogP contribution in [0.4, 0.5) is 0 Å². The van der Waals surface area contributed by atoms with Gasteiger partial charge < -0.3 is 5.11 Å². The van der Waals surface area contributed by atoms with Gasteiger partial charge >= 0.3 is 0 Å². The molecule has 1 unspecified atom stereocenters. The normalized spacial score (nSPS) is 21.0. The van der Waals surface area contributed by atoms with Crippen LogP contribution in [0.2, 0.25) is 4.34 Å². The van der Waals surface area contributed by atoms with E-state index in [0.717, 1.165) is 22.7 Å². The first kappa shape index (κ1) is 10.5. The zero-order valence-corrected chi connectivity index (χ0v) is 9.65. The van der Waals surface area contributed by atoms with Gasteiger partial charge in [-0.1, -0.05) is 30.9 Å². The van der Waals surface area contributed by atoms with Crippen LogP contribution in [0.15, 0.2) is 11.4 Å². The molecule has 2 rings (SSSR count). The lowest BCUT2D eigenvalue weighted by atomic mass is 9.83. The molecule has 0 bridgehead atoms. The van der Waals surface area contributed by atoms with Gasteiger partial charge in [0.25, 0.3) is 0 Å². The van der Waals surface area contributed by atoms with Crippen molar-refractivity contribution in [2.45, 2.75) is 38.2 Å². The van der Waals surface area contributed by atoms with Gasteiger partial charge in [-0.05, 0) is 30.2 Å². The van der Waals surface area contributed by atoms with Crippen LogP contribution in [0.5, 0.6) is 0 Å². The maximum atomic E-state index is 10.1. The van der Waals surface area contributed by atoms with Gasteiger partial charge in [-0.25, -0.2) is 0 Å². The lowest BCUT2D eigenvalue weighted by molar-refractivity contribution is 0.0853. The van der Waals surface area contributed by atoms with Gasteiger partial charge in [0, 0.05) is 5.56 Å². The highest BCUT2D eigenvalue weighted by atomic mass is 35.5. The van der Waals surface area contributed by atoms with Gasteiger partial charge in [0.1, 0.15) is 0 Å². The predicted molar refractivity (Wildman–Crippen MR) is 60.9 cm³/mol. The zero-order valence-electron chi connectivity index (χ0n) is 8.08. The second-order valence-corrected chi connectivity index (χ2v) is 5.51. The van der Waals surface area contributed by atoms with E-state index in [9.17, 15) is 5.11 Å². The summed E-state index contributed by atoms with van der Waals surface area (Å²) in [6.07, 6.45) is 5.78. The molecule has 0 amide bonds. The third kappa shape index (κ3) is 2.13. The van der Waals surface area contributed by atoms with Crippen molar-refractivity contribution in [3.63, 3.8) is 0 Å². The molecule has 1 aromatic rings.